The van der Waals surface area contributed by atoms with E-state index in [0.717, 1.165) is 23.5 Å². The molecule has 3 aromatic rings. The lowest BCUT2D eigenvalue weighted by Crippen LogP contribution is -2.16. The number of nitrogens with one attached hydrogen (secondary N) is 1. The largest absolute Gasteiger partial charge is 0.486 e. The van der Waals surface area contributed by atoms with Crippen LogP contribution in [0.3, 0.4) is 0 Å². The van der Waals surface area contributed by atoms with Crippen LogP contribution in [0.25, 0.3) is 0 Å². The number of aryl methyl sites for hydroxylation is 2. The summed E-state index contributed by atoms with van der Waals surface area (Å²) in [6, 6.07) is 9.72. The lowest BCUT2D eigenvalue weighted by molar-refractivity contribution is -0.113. The minimum atomic E-state index is -0.439. The molecule has 0 atom stereocenters. The lowest BCUT2D eigenvalue weighted by atomic mass is 10.2. The quantitative estimate of drug-likeness (QED) is 0.192. The van der Waals surface area contributed by atoms with Crippen molar-refractivity contribution in [2.45, 2.75) is 51.9 Å². The molecule has 2 aromatic heterocycles. The SMILES string of the molecule is C=CCn1c(COc2ccc(CC)cc2)nnc1SCC(=O)Nc1sc(CC)cc1C(=O)OCC. The van der Waals surface area contributed by atoms with Crippen LogP contribution < -0.4 is 10.1 Å². The van der Waals surface area contributed by atoms with Crippen molar-refractivity contribution in [2.75, 3.05) is 17.7 Å². The standard InChI is InChI=1S/C25H30N4O4S2/c1-5-13-29-21(15-33-18-11-9-17(6-2)10-12-18)27-28-25(29)34-16-22(30)26-23-20(24(31)32-8-4)14-19(7-3)35-23/h5,9-12,14H,1,6-8,13,15-16H2,2-4H3,(H,26,30). The van der Waals surface area contributed by atoms with Crippen molar-refractivity contribution in [2.24, 2.45) is 0 Å². The first-order chi connectivity index (χ1) is 17.0. The molecule has 0 saturated heterocycles. The number of aromatic nitrogens is 3. The summed E-state index contributed by atoms with van der Waals surface area (Å²) in [5, 5.41) is 12.4. The third-order valence-corrected chi connectivity index (χ3v) is 7.18. The highest BCUT2D eigenvalue weighted by molar-refractivity contribution is 7.99. The summed E-state index contributed by atoms with van der Waals surface area (Å²) in [7, 11) is 0. The van der Waals surface area contributed by atoms with Crippen LogP contribution in [-0.4, -0.2) is 39.0 Å². The first kappa shape index (κ1) is 26.5. The number of hydrogen-bond donors (Lipinski definition) is 1. The number of benzene rings is 1. The zero-order chi connectivity index (χ0) is 25.2. The van der Waals surface area contributed by atoms with Crippen molar-refractivity contribution in [3.63, 3.8) is 0 Å². The van der Waals surface area contributed by atoms with Crippen molar-refractivity contribution < 1.29 is 19.1 Å². The van der Waals surface area contributed by atoms with E-state index < -0.39 is 5.97 Å². The van der Waals surface area contributed by atoms with Crippen LogP contribution in [0.15, 0.2) is 48.1 Å². The summed E-state index contributed by atoms with van der Waals surface area (Å²) in [5.74, 6) is 0.820. The molecule has 2 heterocycles. The first-order valence-electron chi connectivity index (χ1n) is 11.5. The van der Waals surface area contributed by atoms with E-state index in [4.69, 9.17) is 9.47 Å². The fourth-order valence-corrected chi connectivity index (χ4v) is 4.94. The molecule has 10 heteroatoms. The average molecular weight is 515 g/mol. The molecule has 1 N–H and O–H groups in total. The molecule has 0 spiro atoms. The third-order valence-electron chi connectivity index (χ3n) is 5.02. The number of thiophene rings is 1. The Morgan fingerprint density at radius 2 is 1.94 bits per heavy atom. The van der Waals surface area contributed by atoms with Gasteiger partial charge < -0.3 is 14.8 Å². The minimum absolute atomic E-state index is 0.107. The van der Waals surface area contributed by atoms with E-state index in [0.29, 0.717) is 28.1 Å². The zero-order valence-corrected chi connectivity index (χ0v) is 21.8. The molecule has 35 heavy (non-hydrogen) atoms. The van der Waals surface area contributed by atoms with Crippen LogP contribution in [0.2, 0.25) is 0 Å². The number of allylic oxidation sites excluding steroid dienone is 1. The lowest BCUT2D eigenvalue weighted by Gasteiger charge is -2.10. The molecule has 8 nitrogen and oxygen atoms in total. The van der Waals surface area contributed by atoms with Crippen molar-refractivity contribution in [3.8, 4) is 5.75 Å². The van der Waals surface area contributed by atoms with Gasteiger partial charge in [0.05, 0.1) is 17.9 Å². The zero-order valence-electron chi connectivity index (χ0n) is 20.2. The van der Waals surface area contributed by atoms with Crippen molar-refractivity contribution in [3.05, 3.63) is 64.8 Å². The maximum absolute atomic E-state index is 12.7. The molecule has 0 aliphatic rings. The Balaban J connectivity index is 1.63. The van der Waals surface area contributed by atoms with Crippen LogP contribution in [0.4, 0.5) is 5.00 Å². The Bertz CT molecular complexity index is 1150. The van der Waals surface area contributed by atoms with Gasteiger partial charge in [-0.25, -0.2) is 4.79 Å². The molecule has 186 valence electrons. The Morgan fingerprint density at radius 1 is 1.17 bits per heavy atom. The Hall–Kier alpha value is -3.11. The van der Waals surface area contributed by atoms with E-state index in [2.05, 4.69) is 29.0 Å². The highest BCUT2D eigenvalue weighted by Crippen LogP contribution is 2.30. The number of rotatable bonds is 13. The van der Waals surface area contributed by atoms with E-state index in [1.54, 1.807) is 19.1 Å². The number of ether oxygens (including phenoxy) is 2. The number of nitrogens with zero attached hydrogens (tertiary/aromatic N) is 3. The summed E-state index contributed by atoms with van der Waals surface area (Å²) in [6.45, 7) is 10.7. The van der Waals surface area contributed by atoms with Gasteiger partial charge in [0, 0.05) is 11.4 Å². The summed E-state index contributed by atoms with van der Waals surface area (Å²) in [6.07, 6.45) is 3.48. The van der Waals surface area contributed by atoms with Crippen LogP contribution >= 0.6 is 23.1 Å². The number of thioether (sulfide) groups is 1. The summed E-state index contributed by atoms with van der Waals surface area (Å²) in [5.41, 5.74) is 1.63. The van der Waals surface area contributed by atoms with Gasteiger partial charge in [-0.15, -0.1) is 28.1 Å². The summed E-state index contributed by atoms with van der Waals surface area (Å²) >= 11 is 2.64. The van der Waals surface area contributed by atoms with Crippen LogP contribution in [0.1, 0.15) is 47.4 Å². The van der Waals surface area contributed by atoms with Crippen molar-refractivity contribution in [1.82, 2.24) is 14.8 Å². The van der Waals surface area contributed by atoms with Gasteiger partial charge in [0.1, 0.15) is 17.4 Å². The smallest absolute Gasteiger partial charge is 0.341 e. The predicted octanol–water partition coefficient (Wildman–Crippen LogP) is 5.14. The molecule has 0 radical (unpaired) electrons. The minimum Gasteiger partial charge on any atom is -0.486 e. The number of carbonyl (C=O) groups excluding carboxylic acids is 2. The van der Waals surface area contributed by atoms with E-state index >= 15 is 0 Å². The monoisotopic (exact) mass is 514 g/mol. The average Bonchev–Trinajstić information content (AvgIpc) is 3.45. The molecular formula is C25H30N4O4S2. The number of anilines is 1. The molecule has 0 fully saturated rings. The Kier molecular flexibility index (Phi) is 9.92. The number of esters is 1. The van der Waals surface area contributed by atoms with Gasteiger partial charge in [-0.2, -0.15) is 0 Å². The van der Waals surface area contributed by atoms with Gasteiger partial charge in [-0.3, -0.25) is 9.36 Å². The number of hydrogen-bond acceptors (Lipinski definition) is 8. The van der Waals surface area contributed by atoms with E-state index in [1.807, 2.05) is 35.8 Å². The van der Waals surface area contributed by atoms with Crippen molar-refractivity contribution >= 4 is 40.0 Å². The van der Waals surface area contributed by atoms with E-state index in [1.165, 1.54) is 28.7 Å². The first-order valence-corrected chi connectivity index (χ1v) is 13.3. The molecule has 1 aromatic carbocycles. The number of amides is 1. The van der Waals surface area contributed by atoms with Crippen LogP contribution in [0, 0.1) is 0 Å². The van der Waals surface area contributed by atoms with Gasteiger partial charge >= 0.3 is 5.97 Å². The second-order valence-corrected chi connectivity index (χ2v) is 9.53. The third kappa shape index (κ3) is 7.19. The normalized spacial score (nSPS) is 10.7. The molecule has 0 aliphatic carbocycles. The van der Waals surface area contributed by atoms with Gasteiger partial charge in [0.25, 0.3) is 0 Å². The summed E-state index contributed by atoms with van der Waals surface area (Å²) in [4.78, 5) is 25.9. The van der Waals surface area contributed by atoms with Crippen molar-refractivity contribution in [1.29, 1.82) is 0 Å². The molecular weight excluding hydrogens is 484 g/mol. The molecule has 3 rings (SSSR count). The molecule has 0 aliphatic heterocycles. The fraction of sp³-hybridized carbons (Fsp3) is 0.360. The van der Waals surface area contributed by atoms with Gasteiger partial charge in [-0.1, -0.05) is 43.8 Å². The highest BCUT2D eigenvalue weighted by Gasteiger charge is 2.20. The maximum Gasteiger partial charge on any atom is 0.341 e. The fourth-order valence-electron chi connectivity index (χ4n) is 3.18. The van der Waals surface area contributed by atoms with Gasteiger partial charge in [-0.05, 0) is 43.5 Å². The maximum atomic E-state index is 12.7. The molecule has 0 unspecified atom stereocenters. The van der Waals surface area contributed by atoms with E-state index in [9.17, 15) is 9.59 Å². The number of carbonyl (C=O) groups is 2. The molecule has 1 amide bonds. The predicted molar refractivity (Wildman–Crippen MR) is 139 cm³/mol. The van der Waals surface area contributed by atoms with Crippen LogP contribution in [0.5, 0.6) is 5.75 Å². The van der Waals surface area contributed by atoms with Gasteiger partial charge in [0.2, 0.25) is 5.91 Å². The molecule has 0 saturated carbocycles. The van der Waals surface area contributed by atoms with Crippen LogP contribution in [-0.2, 0) is 35.5 Å². The Morgan fingerprint density at radius 3 is 2.60 bits per heavy atom. The van der Waals surface area contributed by atoms with E-state index in [-0.39, 0.29) is 24.9 Å². The summed E-state index contributed by atoms with van der Waals surface area (Å²) < 4.78 is 12.9. The molecule has 0 bridgehead atoms. The second-order valence-electron chi connectivity index (χ2n) is 7.45. The topological polar surface area (TPSA) is 95.3 Å². The highest BCUT2D eigenvalue weighted by atomic mass is 32.2. The van der Waals surface area contributed by atoms with Gasteiger partial charge in [0.15, 0.2) is 11.0 Å². The second kappa shape index (κ2) is 13.1. The Labute approximate surface area is 213 Å².